The molecule has 0 spiro atoms. The molecule has 0 saturated carbocycles. The van der Waals surface area contributed by atoms with E-state index in [-0.39, 0.29) is 5.78 Å². The number of benzene rings is 1. The molecule has 0 aliphatic carbocycles. The van der Waals surface area contributed by atoms with Crippen molar-refractivity contribution < 1.29 is 9.21 Å². The highest BCUT2D eigenvalue weighted by Gasteiger charge is 2.21. The average Bonchev–Trinajstić information content (AvgIpc) is 3.04. The Kier molecular flexibility index (Phi) is 4.09. The molecule has 1 aliphatic rings. The minimum atomic E-state index is 0.0968. The van der Waals surface area contributed by atoms with E-state index in [1.165, 1.54) is 0 Å². The molecule has 0 atom stereocenters. The summed E-state index contributed by atoms with van der Waals surface area (Å²) in [4.78, 5) is 15.7. The SMILES string of the molecule is CCc1nnc(N2CCN(c3ccc(C(C)=O)cc3)CC2)o1. The van der Waals surface area contributed by atoms with Gasteiger partial charge in [-0.15, -0.1) is 5.10 Å². The topological polar surface area (TPSA) is 62.5 Å². The van der Waals surface area contributed by atoms with Crippen LogP contribution < -0.4 is 9.80 Å². The molecule has 0 amide bonds. The second kappa shape index (κ2) is 6.17. The first-order valence-corrected chi connectivity index (χ1v) is 7.60. The number of nitrogens with zero attached hydrogens (tertiary/aromatic N) is 4. The van der Waals surface area contributed by atoms with Gasteiger partial charge in [-0.25, -0.2) is 0 Å². The Morgan fingerprint density at radius 1 is 1.09 bits per heavy atom. The molecule has 1 aliphatic heterocycles. The third kappa shape index (κ3) is 2.95. The lowest BCUT2D eigenvalue weighted by molar-refractivity contribution is 0.101. The van der Waals surface area contributed by atoms with Crippen LogP contribution in [0.4, 0.5) is 11.7 Å². The zero-order chi connectivity index (χ0) is 15.5. The fourth-order valence-electron chi connectivity index (χ4n) is 2.58. The number of aromatic nitrogens is 2. The molecular weight excluding hydrogens is 280 g/mol. The van der Waals surface area contributed by atoms with E-state index in [0.29, 0.717) is 11.9 Å². The Balaban J connectivity index is 1.62. The van der Waals surface area contributed by atoms with Crippen LogP contribution in [0, 0.1) is 0 Å². The summed E-state index contributed by atoms with van der Waals surface area (Å²) in [6.45, 7) is 7.06. The first kappa shape index (κ1) is 14.6. The summed E-state index contributed by atoms with van der Waals surface area (Å²) < 4.78 is 5.60. The molecule has 6 nitrogen and oxygen atoms in total. The maximum atomic E-state index is 11.3. The number of carbonyl (C=O) groups excluding carboxylic acids is 1. The minimum Gasteiger partial charge on any atom is -0.408 e. The molecule has 1 aromatic heterocycles. The van der Waals surface area contributed by atoms with E-state index in [9.17, 15) is 4.79 Å². The first-order chi connectivity index (χ1) is 10.7. The summed E-state index contributed by atoms with van der Waals surface area (Å²) in [5, 5.41) is 8.10. The Morgan fingerprint density at radius 3 is 2.27 bits per heavy atom. The average molecular weight is 300 g/mol. The monoisotopic (exact) mass is 300 g/mol. The van der Waals surface area contributed by atoms with Crippen molar-refractivity contribution in [1.29, 1.82) is 0 Å². The number of hydrogen-bond acceptors (Lipinski definition) is 6. The Morgan fingerprint density at radius 2 is 1.73 bits per heavy atom. The first-order valence-electron chi connectivity index (χ1n) is 7.60. The molecule has 6 heteroatoms. The predicted molar refractivity (Wildman–Crippen MR) is 84.5 cm³/mol. The largest absolute Gasteiger partial charge is 0.408 e. The van der Waals surface area contributed by atoms with Crippen LogP contribution in [-0.4, -0.2) is 42.2 Å². The van der Waals surface area contributed by atoms with E-state index in [4.69, 9.17) is 4.42 Å². The summed E-state index contributed by atoms with van der Waals surface area (Å²) in [5.41, 5.74) is 1.89. The number of Topliss-reactive ketones (excluding diaryl/α,β-unsaturated/α-hetero) is 1. The summed E-state index contributed by atoms with van der Waals surface area (Å²) >= 11 is 0. The van der Waals surface area contributed by atoms with Gasteiger partial charge in [0.15, 0.2) is 5.78 Å². The van der Waals surface area contributed by atoms with Gasteiger partial charge < -0.3 is 14.2 Å². The third-order valence-electron chi connectivity index (χ3n) is 3.95. The Labute approximate surface area is 129 Å². The fourth-order valence-corrected chi connectivity index (χ4v) is 2.58. The summed E-state index contributed by atoms with van der Waals surface area (Å²) in [7, 11) is 0. The van der Waals surface area contributed by atoms with Crippen molar-refractivity contribution in [3.63, 3.8) is 0 Å². The van der Waals surface area contributed by atoms with Gasteiger partial charge in [0, 0.05) is 43.9 Å². The van der Waals surface area contributed by atoms with Gasteiger partial charge in [-0.2, -0.15) is 0 Å². The van der Waals surface area contributed by atoms with Crippen molar-refractivity contribution >= 4 is 17.5 Å². The van der Waals surface area contributed by atoms with Crippen LogP contribution in [0.25, 0.3) is 0 Å². The zero-order valence-electron chi connectivity index (χ0n) is 13.0. The predicted octanol–water partition coefficient (Wildman–Crippen LogP) is 2.16. The maximum absolute atomic E-state index is 11.3. The van der Waals surface area contributed by atoms with Gasteiger partial charge in [0.2, 0.25) is 5.89 Å². The summed E-state index contributed by atoms with van der Waals surface area (Å²) in [5.74, 6) is 0.775. The second-order valence-corrected chi connectivity index (χ2v) is 5.41. The number of anilines is 2. The lowest BCUT2D eigenvalue weighted by Gasteiger charge is -2.35. The Bertz CT molecular complexity index is 642. The number of carbonyl (C=O) groups is 1. The standard InChI is InChI=1S/C16H20N4O2/c1-3-15-17-18-16(22-15)20-10-8-19(9-11-20)14-6-4-13(5-7-14)12(2)21/h4-7H,3,8-11H2,1-2H3. The highest BCUT2D eigenvalue weighted by Crippen LogP contribution is 2.20. The molecule has 2 aromatic rings. The maximum Gasteiger partial charge on any atom is 0.318 e. The smallest absolute Gasteiger partial charge is 0.318 e. The minimum absolute atomic E-state index is 0.0968. The molecule has 116 valence electrons. The lowest BCUT2D eigenvalue weighted by atomic mass is 10.1. The molecule has 1 saturated heterocycles. The molecule has 2 heterocycles. The molecule has 0 bridgehead atoms. The third-order valence-corrected chi connectivity index (χ3v) is 3.95. The van der Waals surface area contributed by atoms with Crippen molar-refractivity contribution in [2.24, 2.45) is 0 Å². The highest BCUT2D eigenvalue weighted by atomic mass is 16.4. The fraction of sp³-hybridized carbons (Fsp3) is 0.438. The van der Waals surface area contributed by atoms with Gasteiger partial charge in [-0.05, 0) is 31.2 Å². The number of ketones is 1. The zero-order valence-corrected chi connectivity index (χ0v) is 13.0. The summed E-state index contributed by atoms with van der Waals surface area (Å²) in [6, 6.07) is 8.40. The van der Waals surface area contributed by atoms with Crippen molar-refractivity contribution in [2.45, 2.75) is 20.3 Å². The van der Waals surface area contributed by atoms with Crippen LogP contribution in [0.3, 0.4) is 0 Å². The van der Waals surface area contributed by atoms with Crippen LogP contribution in [0.15, 0.2) is 28.7 Å². The highest BCUT2D eigenvalue weighted by molar-refractivity contribution is 5.94. The number of piperazine rings is 1. The van der Waals surface area contributed by atoms with Crippen molar-refractivity contribution in [2.75, 3.05) is 36.0 Å². The van der Waals surface area contributed by atoms with Crippen molar-refractivity contribution in [3.8, 4) is 0 Å². The van der Waals surface area contributed by atoms with E-state index in [2.05, 4.69) is 20.0 Å². The van der Waals surface area contributed by atoms with Gasteiger partial charge in [0.05, 0.1) is 0 Å². The molecule has 3 rings (SSSR count). The lowest BCUT2D eigenvalue weighted by Crippen LogP contribution is -2.46. The van der Waals surface area contributed by atoms with Crippen molar-refractivity contribution in [1.82, 2.24) is 10.2 Å². The molecule has 1 aromatic carbocycles. The van der Waals surface area contributed by atoms with E-state index < -0.39 is 0 Å². The van der Waals surface area contributed by atoms with E-state index in [1.807, 2.05) is 31.2 Å². The number of aryl methyl sites for hydroxylation is 1. The normalized spacial score (nSPS) is 15.2. The van der Waals surface area contributed by atoms with E-state index in [0.717, 1.165) is 43.9 Å². The second-order valence-electron chi connectivity index (χ2n) is 5.41. The number of rotatable bonds is 4. The van der Waals surface area contributed by atoms with Gasteiger partial charge in [-0.3, -0.25) is 4.79 Å². The van der Waals surface area contributed by atoms with Gasteiger partial charge in [0.1, 0.15) is 0 Å². The van der Waals surface area contributed by atoms with Crippen molar-refractivity contribution in [3.05, 3.63) is 35.7 Å². The molecule has 0 N–H and O–H groups in total. The van der Waals surface area contributed by atoms with Crippen LogP contribution in [0.5, 0.6) is 0 Å². The quantitative estimate of drug-likeness (QED) is 0.806. The molecule has 1 fully saturated rings. The van der Waals surface area contributed by atoms with Gasteiger partial charge in [-0.1, -0.05) is 12.0 Å². The van der Waals surface area contributed by atoms with Gasteiger partial charge >= 0.3 is 6.01 Å². The molecule has 0 unspecified atom stereocenters. The van der Waals surface area contributed by atoms with E-state index in [1.54, 1.807) is 6.92 Å². The molecule has 22 heavy (non-hydrogen) atoms. The van der Waals surface area contributed by atoms with Crippen LogP contribution in [0.1, 0.15) is 30.1 Å². The van der Waals surface area contributed by atoms with Crippen LogP contribution >= 0.6 is 0 Å². The van der Waals surface area contributed by atoms with Crippen LogP contribution in [-0.2, 0) is 6.42 Å². The van der Waals surface area contributed by atoms with Gasteiger partial charge in [0.25, 0.3) is 0 Å². The molecular formula is C16H20N4O2. The Hall–Kier alpha value is -2.37. The van der Waals surface area contributed by atoms with Crippen LogP contribution in [0.2, 0.25) is 0 Å². The summed E-state index contributed by atoms with van der Waals surface area (Å²) in [6.07, 6.45) is 0.759. The van der Waals surface area contributed by atoms with E-state index >= 15 is 0 Å². The number of hydrogen-bond donors (Lipinski definition) is 0. The molecule has 0 radical (unpaired) electrons.